The molecule has 0 amide bonds. The third kappa shape index (κ3) is 3.85. The molecule has 1 heteroatoms. The molecule has 31 heavy (non-hydrogen) atoms. The van der Waals surface area contributed by atoms with Gasteiger partial charge in [-0.2, -0.15) is 0 Å². The summed E-state index contributed by atoms with van der Waals surface area (Å²) in [7, 11) is 0. The van der Waals surface area contributed by atoms with Crippen molar-refractivity contribution >= 4 is 0 Å². The minimum Gasteiger partial charge on any atom is -0.466 e. The molecule has 0 atom stereocenters. The van der Waals surface area contributed by atoms with Crippen molar-refractivity contribution in [1.82, 2.24) is 0 Å². The van der Waals surface area contributed by atoms with E-state index in [0.717, 1.165) is 35.5 Å². The highest BCUT2D eigenvalue weighted by Crippen LogP contribution is 2.64. The first kappa shape index (κ1) is 20.9. The summed E-state index contributed by atoms with van der Waals surface area (Å²) in [5.41, 5.74) is 3.99. The van der Waals surface area contributed by atoms with Crippen molar-refractivity contribution < 1.29 is 4.74 Å². The number of ether oxygens (including phenoxy) is 1. The van der Waals surface area contributed by atoms with E-state index in [0.29, 0.717) is 10.8 Å². The molecule has 1 nitrogen and oxygen atoms in total. The smallest absolute Gasteiger partial charge is 0.103 e. The largest absolute Gasteiger partial charge is 0.466 e. The Hall–Kier alpha value is -0.720. The summed E-state index contributed by atoms with van der Waals surface area (Å²) in [6, 6.07) is 0. The molecule has 0 aromatic rings. The molecule has 0 unspecified atom stereocenters. The van der Waals surface area contributed by atoms with Crippen molar-refractivity contribution in [3.63, 3.8) is 0 Å². The first-order chi connectivity index (χ1) is 14.8. The molecule has 172 valence electrons. The third-order valence-corrected chi connectivity index (χ3v) is 10.8. The predicted molar refractivity (Wildman–Crippen MR) is 128 cm³/mol. The lowest BCUT2D eigenvalue weighted by Gasteiger charge is -2.57. The van der Waals surface area contributed by atoms with Crippen molar-refractivity contribution in [2.45, 2.75) is 118 Å². The van der Waals surface area contributed by atoms with Crippen molar-refractivity contribution in [3.8, 4) is 0 Å². The van der Waals surface area contributed by atoms with Gasteiger partial charge in [0.2, 0.25) is 0 Å². The quantitative estimate of drug-likeness (QED) is 0.388. The minimum absolute atomic E-state index is 0.564. The van der Waals surface area contributed by atoms with Gasteiger partial charge in [-0.05, 0) is 162 Å². The Morgan fingerprint density at radius 3 is 1.00 bits per heavy atom. The van der Waals surface area contributed by atoms with Crippen LogP contribution in [0.3, 0.4) is 0 Å². The Labute approximate surface area is 191 Å². The van der Waals surface area contributed by atoms with Crippen molar-refractivity contribution in [2.24, 2.45) is 46.3 Å². The van der Waals surface area contributed by atoms with Crippen LogP contribution in [0.1, 0.15) is 118 Å². The van der Waals surface area contributed by atoms with Gasteiger partial charge >= 0.3 is 0 Å². The van der Waals surface area contributed by atoms with Gasteiger partial charge in [-0.3, -0.25) is 0 Å². The van der Waals surface area contributed by atoms with Gasteiger partial charge in [-0.15, -0.1) is 0 Å². The maximum absolute atomic E-state index is 7.01. The van der Waals surface area contributed by atoms with Crippen LogP contribution in [-0.4, -0.2) is 0 Å². The summed E-state index contributed by atoms with van der Waals surface area (Å²) in [5, 5.41) is 0. The number of hydrogen-bond acceptors (Lipinski definition) is 1. The van der Waals surface area contributed by atoms with Gasteiger partial charge in [-0.1, -0.05) is 0 Å². The number of allylic oxidation sites excluding steroid dienone is 4. The standard InChI is InChI=1S/C30H46O/c1-19(2)27(17-29-11-21-5-22(12-29)7-23(6-21)13-29)31-28(20(3)4)18-30-14-24-8-25(15-30)10-26(9-24)16-30/h21-26H,5-18H2,1-4H3. The summed E-state index contributed by atoms with van der Waals surface area (Å²) in [5.74, 6) is 8.86. The Bertz CT molecular complexity index is 651. The molecule has 0 radical (unpaired) electrons. The fraction of sp³-hybridized carbons (Fsp3) is 0.867. The molecule has 0 aliphatic heterocycles. The van der Waals surface area contributed by atoms with Crippen LogP contribution < -0.4 is 0 Å². The van der Waals surface area contributed by atoms with Crippen molar-refractivity contribution in [2.75, 3.05) is 0 Å². The van der Waals surface area contributed by atoms with Crippen molar-refractivity contribution in [1.29, 1.82) is 0 Å². The van der Waals surface area contributed by atoms with E-state index in [4.69, 9.17) is 4.74 Å². The van der Waals surface area contributed by atoms with Gasteiger partial charge in [0.15, 0.2) is 0 Å². The highest BCUT2D eigenvalue weighted by molar-refractivity contribution is 5.17. The average molecular weight is 423 g/mol. The van der Waals surface area contributed by atoms with Crippen LogP contribution >= 0.6 is 0 Å². The van der Waals surface area contributed by atoms with Crippen LogP contribution in [0.5, 0.6) is 0 Å². The summed E-state index contributed by atoms with van der Waals surface area (Å²) in [6.45, 7) is 9.23. The van der Waals surface area contributed by atoms with E-state index in [1.165, 1.54) is 113 Å². The molecule has 0 N–H and O–H groups in total. The highest BCUT2D eigenvalue weighted by atomic mass is 16.5. The molecule has 8 aliphatic rings. The van der Waals surface area contributed by atoms with E-state index in [-0.39, 0.29) is 0 Å². The minimum atomic E-state index is 0.564. The Morgan fingerprint density at radius 1 is 0.516 bits per heavy atom. The van der Waals surface area contributed by atoms with Gasteiger partial charge in [-0.25, -0.2) is 0 Å². The van der Waals surface area contributed by atoms with Gasteiger partial charge in [0.25, 0.3) is 0 Å². The molecular weight excluding hydrogens is 376 g/mol. The molecule has 8 aliphatic carbocycles. The molecule has 8 saturated carbocycles. The van der Waals surface area contributed by atoms with Crippen LogP contribution in [0.15, 0.2) is 22.7 Å². The number of rotatable bonds is 6. The lowest BCUT2D eigenvalue weighted by molar-refractivity contribution is -0.0640. The zero-order valence-corrected chi connectivity index (χ0v) is 20.8. The zero-order valence-electron chi connectivity index (χ0n) is 20.8. The average Bonchev–Trinajstić information content (AvgIpc) is 2.64. The van der Waals surface area contributed by atoms with Gasteiger partial charge in [0, 0.05) is 12.8 Å². The van der Waals surface area contributed by atoms with E-state index in [1.807, 2.05) is 0 Å². The van der Waals surface area contributed by atoms with Crippen LogP contribution in [-0.2, 0) is 4.74 Å². The first-order valence-electron chi connectivity index (χ1n) is 13.8. The second-order valence-electron chi connectivity index (χ2n) is 14.1. The van der Waals surface area contributed by atoms with Crippen molar-refractivity contribution in [3.05, 3.63) is 22.7 Å². The lowest BCUT2D eigenvalue weighted by Crippen LogP contribution is -2.46. The molecule has 0 heterocycles. The van der Waals surface area contributed by atoms with Gasteiger partial charge in [0.05, 0.1) is 0 Å². The monoisotopic (exact) mass is 422 g/mol. The molecule has 8 rings (SSSR count). The van der Waals surface area contributed by atoms with E-state index in [2.05, 4.69) is 27.7 Å². The fourth-order valence-electron chi connectivity index (χ4n) is 10.5. The number of hydrogen-bond donors (Lipinski definition) is 0. The summed E-state index contributed by atoms with van der Waals surface area (Å²) < 4.78 is 7.01. The molecular formula is C30H46O. The highest BCUT2D eigenvalue weighted by Gasteiger charge is 2.53. The Morgan fingerprint density at radius 2 is 0.774 bits per heavy atom. The molecule has 0 aromatic carbocycles. The second kappa shape index (κ2) is 7.39. The molecule has 0 saturated heterocycles. The van der Waals surface area contributed by atoms with E-state index in [1.54, 1.807) is 0 Å². The fourth-order valence-corrected chi connectivity index (χ4v) is 10.5. The van der Waals surface area contributed by atoms with Gasteiger partial charge < -0.3 is 4.74 Å². The Balaban J connectivity index is 1.20. The van der Waals surface area contributed by atoms with Crippen LogP contribution in [0.25, 0.3) is 0 Å². The second-order valence-corrected chi connectivity index (χ2v) is 14.1. The summed E-state index contributed by atoms with van der Waals surface area (Å²) in [4.78, 5) is 0. The summed E-state index contributed by atoms with van der Waals surface area (Å²) in [6.07, 6.45) is 20.6. The predicted octanol–water partition coefficient (Wildman–Crippen LogP) is 8.80. The topological polar surface area (TPSA) is 9.23 Å². The third-order valence-electron chi connectivity index (χ3n) is 10.8. The SMILES string of the molecule is CC(C)=C(CC12CC3CC(CC(C3)C1)C2)OC(CC12CC3CC(CC(C3)C1)C2)=C(C)C. The Kier molecular flexibility index (Phi) is 4.97. The van der Waals surface area contributed by atoms with Crippen LogP contribution in [0, 0.1) is 46.3 Å². The molecule has 8 bridgehead atoms. The van der Waals surface area contributed by atoms with Gasteiger partial charge in [0.1, 0.15) is 11.5 Å². The normalized spacial score (nSPS) is 46.3. The van der Waals surface area contributed by atoms with Crippen LogP contribution in [0.4, 0.5) is 0 Å². The zero-order chi connectivity index (χ0) is 21.4. The molecule has 8 fully saturated rings. The maximum atomic E-state index is 7.01. The molecule has 0 spiro atoms. The van der Waals surface area contributed by atoms with E-state index >= 15 is 0 Å². The molecule has 0 aromatic heterocycles. The maximum Gasteiger partial charge on any atom is 0.103 e. The first-order valence-corrected chi connectivity index (χ1v) is 13.8. The van der Waals surface area contributed by atoms with Crippen LogP contribution in [0.2, 0.25) is 0 Å². The lowest BCUT2D eigenvalue weighted by atomic mass is 9.48. The summed E-state index contributed by atoms with van der Waals surface area (Å²) >= 11 is 0. The van der Waals surface area contributed by atoms with E-state index < -0.39 is 0 Å². The van der Waals surface area contributed by atoms with E-state index in [9.17, 15) is 0 Å².